The number of phosphoric acid groups is 1. The molecule has 3 atom stereocenters. The molecular weight excluding hydrogens is 349 g/mol. The Morgan fingerprint density at radius 2 is 2.29 bits per heavy atom. The lowest BCUT2D eigenvalue weighted by molar-refractivity contribution is -0.114. The average molecular weight is 363 g/mol. The van der Waals surface area contributed by atoms with E-state index in [2.05, 4.69) is 14.5 Å². The number of aliphatic hydroxyl groups is 1. The van der Waals surface area contributed by atoms with Crippen molar-refractivity contribution in [2.75, 3.05) is 6.61 Å². The summed E-state index contributed by atoms with van der Waals surface area (Å²) in [5.74, 6) is -2.01. The average Bonchev–Trinajstić information content (AvgIpc) is 2.77. The number of rotatable bonds is 5. The van der Waals surface area contributed by atoms with Crippen LogP contribution in [0, 0.1) is 6.92 Å². The van der Waals surface area contributed by atoms with Gasteiger partial charge in [0.25, 0.3) is 5.56 Å². The van der Waals surface area contributed by atoms with Crippen LogP contribution in [0.15, 0.2) is 20.9 Å². The molecule has 2 rings (SSSR count). The molecule has 1 aliphatic heterocycles. The Labute approximate surface area is 133 Å². The van der Waals surface area contributed by atoms with E-state index in [1.807, 2.05) is 4.98 Å². The lowest BCUT2D eigenvalue weighted by Crippen LogP contribution is -2.43. The van der Waals surface area contributed by atoms with Gasteiger partial charge in [0.1, 0.15) is 6.10 Å². The van der Waals surface area contributed by atoms with Crippen molar-refractivity contribution in [3.05, 3.63) is 43.0 Å². The van der Waals surface area contributed by atoms with Gasteiger partial charge in [-0.3, -0.25) is 18.9 Å². The molecule has 24 heavy (non-hydrogen) atoms. The first kappa shape index (κ1) is 18.4. The summed E-state index contributed by atoms with van der Waals surface area (Å²) in [4.78, 5) is 45.4. The second-order valence-electron chi connectivity index (χ2n) is 5.09. The first-order valence-corrected chi connectivity index (χ1v) is 8.06. The molecule has 1 saturated heterocycles. The fourth-order valence-corrected chi connectivity index (χ4v) is 2.59. The molecule has 0 spiro atoms. The van der Waals surface area contributed by atoms with E-state index in [1.54, 1.807) is 0 Å². The predicted octanol–water partition coefficient (Wildman–Crippen LogP) is -0.975. The van der Waals surface area contributed by atoms with E-state index in [9.17, 15) is 19.3 Å². The zero-order valence-corrected chi connectivity index (χ0v) is 13.2. The third kappa shape index (κ3) is 3.74. The minimum atomic E-state index is -4.81. The van der Waals surface area contributed by atoms with E-state index in [0.717, 1.165) is 10.8 Å². The number of hydrogen-bond donors (Lipinski definition) is 4. The maximum Gasteiger partial charge on any atom is 0.469 e. The Morgan fingerprint density at radius 1 is 1.62 bits per heavy atom. The van der Waals surface area contributed by atoms with Gasteiger partial charge in [-0.05, 0) is 17.6 Å². The van der Waals surface area contributed by atoms with E-state index in [4.69, 9.17) is 20.1 Å². The van der Waals surface area contributed by atoms with Crippen LogP contribution < -0.4 is 11.2 Å². The molecule has 0 amide bonds. The minimum Gasteiger partial charge on any atom is -0.390 e. The summed E-state index contributed by atoms with van der Waals surface area (Å²) >= 11 is 0. The topological polar surface area (TPSA) is 200 Å². The number of aromatic amines is 1. The molecule has 0 aromatic carbocycles. The highest BCUT2D eigenvalue weighted by Crippen LogP contribution is 2.40. The third-order valence-electron chi connectivity index (χ3n) is 3.35. The van der Waals surface area contributed by atoms with Gasteiger partial charge in [-0.15, -0.1) is 0 Å². The summed E-state index contributed by atoms with van der Waals surface area (Å²) in [6.45, 7) is 0.698. The summed E-state index contributed by atoms with van der Waals surface area (Å²) < 4.78 is 21.2. The summed E-state index contributed by atoms with van der Waals surface area (Å²) in [6, 6.07) is 0. The molecule has 2 heterocycles. The van der Waals surface area contributed by atoms with Crippen LogP contribution in [0.1, 0.15) is 12.0 Å². The number of nitrogens with one attached hydrogen (secondary N) is 1. The molecule has 0 saturated carbocycles. The fraction of sp³-hybridized carbons (Fsp3) is 0.600. The summed E-state index contributed by atoms with van der Waals surface area (Å²) in [5.41, 5.74) is 7.28. The van der Waals surface area contributed by atoms with Crippen LogP contribution in [-0.2, 0) is 19.7 Å². The van der Waals surface area contributed by atoms with Crippen molar-refractivity contribution in [3.63, 3.8) is 0 Å². The molecule has 1 aromatic rings. The van der Waals surface area contributed by atoms with Crippen LogP contribution in [0.2, 0.25) is 0 Å². The number of aryl methyl sites for hydroxylation is 1. The lowest BCUT2D eigenvalue weighted by Gasteiger charge is -2.26. The molecule has 13 nitrogen and oxygen atoms in total. The molecule has 1 fully saturated rings. The van der Waals surface area contributed by atoms with Gasteiger partial charge in [0.05, 0.1) is 12.7 Å². The van der Waals surface area contributed by atoms with Crippen LogP contribution >= 0.6 is 7.82 Å². The number of azide groups is 1. The van der Waals surface area contributed by atoms with E-state index in [0.29, 0.717) is 0 Å². The maximum atomic E-state index is 12.0. The Morgan fingerprint density at radius 3 is 2.88 bits per heavy atom. The number of aromatic nitrogens is 2. The van der Waals surface area contributed by atoms with Crippen LogP contribution in [0.3, 0.4) is 0 Å². The first-order chi connectivity index (χ1) is 11.1. The van der Waals surface area contributed by atoms with Crippen molar-refractivity contribution < 1.29 is 28.7 Å². The van der Waals surface area contributed by atoms with E-state index < -0.39 is 50.2 Å². The summed E-state index contributed by atoms with van der Waals surface area (Å²) in [6.07, 6.45) is -1.92. The summed E-state index contributed by atoms with van der Waals surface area (Å²) in [7, 11) is -4.81. The van der Waals surface area contributed by atoms with Gasteiger partial charge in [-0.1, -0.05) is 0 Å². The second kappa shape index (κ2) is 6.49. The highest BCUT2D eigenvalue weighted by molar-refractivity contribution is 7.46. The highest BCUT2D eigenvalue weighted by atomic mass is 31.2. The molecule has 1 aliphatic rings. The molecule has 0 unspecified atom stereocenters. The van der Waals surface area contributed by atoms with Gasteiger partial charge in [-0.25, -0.2) is 9.36 Å². The van der Waals surface area contributed by atoms with Gasteiger partial charge in [0.15, 0.2) is 0 Å². The van der Waals surface area contributed by atoms with Crippen molar-refractivity contribution in [2.45, 2.75) is 31.4 Å². The summed E-state index contributed by atoms with van der Waals surface area (Å²) in [5, 5.41) is 13.4. The maximum absolute atomic E-state index is 12.0. The normalized spacial score (nSPS) is 27.0. The van der Waals surface area contributed by atoms with E-state index in [-0.39, 0.29) is 5.56 Å². The SMILES string of the molecule is Cc1cn([C@@]2(N=[N+]=[N-])C[C@H](O)[C@@H](COP(=O)(O)O)O2)c(=O)[nH]c1=O. The zero-order chi connectivity index (χ0) is 18.1. The number of hydrogen-bond acceptors (Lipinski definition) is 7. The molecule has 1 aromatic heterocycles. The van der Waals surface area contributed by atoms with Gasteiger partial charge in [0, 0.05) is 23.1 Å². The molecule has 14 heteroatoms. The number of aliphatic hydroxyl groups excluding tert-OH is 1. The highest BCUT2D eigenvalue weighted by Gasteiger charge is 2.48. The Bertz CT molecular complexity index is 838. The smallest absolute Gasteiger partial charge is 0.390 e. The quantitative estimate of drug-likeness (QED) is 0.221. The molecule has 0 aliphatic carbocycles. The van der Waals surface area contributed by atoms with Crippen LogP contribution in [-0.4, -0.2) is 43.3 Å². The van der Waals surface area contributed by atoms with E-state index >= 15 is 0 Å². The molecule has 0 bridgehead atoms. The second-order valence-corrected chi connectivity index (χ2v) is 6.33. The zero-order valence-electron chi connectivity index (χ0n) is 12.3. The fourth-order valence-electron chi connectivity index (χ4n) is 2.25. The number of H-pyrrole nitrogens is 1. The van der Waals surface area contributed by atoms with Gasteiger partial charge >= 0.3 is 13.5 Å². The number of nitrogens with zero attached hydrogens (tertiary/aromatic N) is 4. The predicted molar refractivity (Wildman–Crippen MR) is 76.7 cm³/mol. The standard InChI is InChI=1S/C10H14N5O8P/c1-5-3-15(9(18)12-8(5)17)10(13-14-11)2-6(16)7(23-10)4-22-24(19,20)21/h3,6-7,16H,2,4H2,1H3,(H,12,17,18)(H2,19,20,21)/t6-,7+,10-/m0/s1. The number of phosphoric ester groups is 1. The van der Waals surface area contributed by atoms with Crippen LogP contribution in [0.25, 0.3) is 10.4 Å². The molecule has 0 radical (unpaired) electrons. The third-order valence-corrected chi connectivity index (χ3v) is 3.83. The number of ether oxygens (including phenoxy) is 1. The van der Waals surface area contributed by atoms with Crippen molar-refractivity contribution in [1.29, 1.82) is 0 Å². The van der Waals surface area contributed by atoms with Crippen molar-refractivity contribution in [1.82, 2.24) is 9.55 Å². The monoisotopic (exact) mass is 363 g/mol. The Kier molecular flexibility index (Phi) is 4.97. The Hall–Kier alpha value is -1.98. The minimum absolute atomic E-state index is 0.120. The van der Waals surface area contributed by atoms with Crippen LogP contribution in [0.5, 0.6) is 0 Å². The lowest BCUT2D eigenvalue weighted by atomic mass is 10.1. The van der Waals surface area contributed by atoms with Crippen LogP contribution in [0.4, 0.5) is 0 Å². The van der Waals surface area contributed by atoms with Crippen molar-refractivity contribution >= 4 is 7.82 Å². The molecule has 132 valence electrons. The van der Waals surface area contributed by atoms with E-state index in [1.165, 1.54) is 6.92 Å². The van der Waals surface area contributed by atoms with Gasteiger partial charge in [-0.2, -0.15) is 0 Å². The van der Waals surface area contributed by atoms with Gasteiger partial charge < -0.3 is 19.6 Å². The largest absolute Gasteiger partial charge is 0.469 e. The molecular formula is C10H14N5O8P. The van der Waals surface area contributed by atoms with Crippen molar-refractivity contribution in [3.8, 4) is 0 Å². The Balaban J connectivity index is 2.42. The molecule has 4 N–H and O–H groups in total. The van der Waals surface area contributed by atoms with Crippen molar-refractivity contribution in [2.24, 2.45) is 5.11 Å². The first-order valence-electron chi connectivity index (χ1n) is 6.53. The van der Waals surface area contributed by atoms with Gasteiger partial charge in [0.2, 0.25) is 5.85 Å².